The monoisotopic (exact) mass is 427 g/mol. The number of amides is 1. The van der Waals surface area contributed by atoms with E-state index in [2.05, 4.69) is 5.32 Å². The van der Waals surface area contributed by atoms with E-state index in [9.17, 15) is 27.1 Å². The van der Waals surface area contributed by atoms with Gasteiger partial charge in [-0.3, -0.25) is 4.79 Å². The molecule has 0 aromatic heterocycles. The third kappa shape index (κ3) is 6.07. The predicted molar refractivity (Wildman–Crippen MR) is 102 cm³/mol. The van der Waals surface area contributed by atoms with Crippen molar-refractivity contribution in [2.24, 2.45) is 0 Å². The summed E-state index contributed by atoms with van der Waals surface area (Å²) < 4.78 is 50.1. The van der Waals surface area contributed by atoms with Gasteiger partial charge in [-0.15, -0.1) is 0 Å². The Morgan fingerprint density at radius 2 is 1.79 bits per heavy atom. The van der Waals surface area contributed by atoms with Gasteiger partial charge in [0.15, 0.2) is 9.84 Å². The molecule has 0 spiro atoms. The van der Waals surface area contributed by atoms with Crippen LogP contribution in [0.2, 0.25) is 0 Å². The van der Waals surface area contributed by atoms with Crippen molar-refractivity contribution in [1.29, 1.82) is 0 Å². The second-order valence-corrected chi connectivity index (χ2v) is 8.54. The summed E-state index contributed by atoms with van der Waals surface area (Å²) in [6.07, 6.45) is -0.726. The molecule has 2 rings (SSSR count). The molecule has 0 aliphatic carbocycles. The van der Waals surface area contributed by atoms with Crippen molar-refractivity contribution in [1.82, 2.24) is 5.32 Å². The van der Waals surface area contributed by atoms with Gasteiger partial charge in [0.2, 0.25) is 5.91 Å². The summed E-state index contributed by atoms with van der Waals surface area (Å²) in [6, 6.07) is 7.29. The third-order valence-electron chi connectivity index (χ3n) is 4.25. The lowest BCUT2D eigenvalue weighted by molar-refractivity contribution is -0.122. The first-order valence-electron chi connectivity index (χ1n) is 8.50. The van der Waals surface area contributed by atoms with E-state index in [1.54, 1.807) is 0 Å². The van der Waals surface area contributed by atoms with Crippen LogP contribution in [-0.4, -0.2) is 55.6 Å². The summed E-state index contributed by atoms with van der Waals surface area (Å²) in [5.41, 5.74) is 0.0884. The van der Waals surface area contributed by atoms with Gasteiger partial charge in [0, 0.05) is 11.7 Å². The van der Waals surface area contributed by atoms with Crippen LogP contribution in [0.25, 0.3) is 0 Å². The number of rotatable bonds is 8. The minimum absolute atomic E-state index is 0.0350. The molecule has 1 amide bonds. The first kappa shape index (κ1) is 22.9. The first-order valence-corrected chi connectivity index (χ1v) is 10.4. The minimum Gasteiger partial charge on any atom is -0.423 e. The van der Waals surface area contributed by atoms with Crippen LogP contribution in [0.5, 0.6) is 0 Å². The standard InChI is InChI=1S/C18H20BF2NO6S/c1-29(27,28)13-5-3-12(4-6-13)18(24)16(10-20)22-17(23)9-11-2-7-14(19(25)26)15(21)8-11/h2-8,16,18,24-26H,9-10H2,1H3,(H,22,23)/t16?,18-/m0/s1. The fourth-order valence-corrected chi connectivity index (χ4v) is 3.31. The van der Waals surface area contributed by atoms with E-state index in [0.29, 0.717) is 0 Å². The molecule has 0 heterocycles. The lowest BCUT2D eigenvalue weighted by Crippen LogP contribution is -2.41. The molecule has 1 unspecified atom stereocenters. The van der Waals surface area contributed by atoms with Gasteiger partial charge in [0.1, 0.15) is 18.6 Å². The van der Waals surface area contributed by atoms with E-state index in [4.69, 9.17) is 10.0 Å². The van der Waals surface area contributed by atoms with E-state index in [1.807, 2.05) is 0 Å². The number of carbonyl (C=O) groups is 1. The number of carbonyl (C=O) groups excluding carboxylic acids is 1. The maximum Gasteiger partial charge on any atom is 0.491 e. The Hall–Kier alpha value is -2.34. The quantitative estimate of drug-likeness (QED) is 0.427. The lowest BCUT2D eigenvalue weighted by Gasteiger charge is -2.22. The molecule has 0 aliphatic rings. The number of aliphatic hydroxyl groups is 1. The average molecular weight is 427 g/mol. The van der Waals surface area contributed by atoms with Crippen molar-refractivity contribution in [3.05, 3.63) is 59.4 Å². The van der Waals surface area contributed by atoms with Crippen LogP contribution in [0.1, 0.15) is 17.2 Å². The molecule has 7 nitrogen and oxygen atoms in total. The fourth-order valence-electron chi connectivity index (χ4n) is 2.68. The van der Waals surface area contributed by atoms with Crippen LogP contribution in [0.15, 0.2) is 47.4 Å². The zero-order chi connectivity index (χ0) is 21.8. The Morgan fingerprint density at radius 3 is 2.28 bits per heavy atom. The Kier molecular flexibility index (Phi) is 7.47. The number of halogens is 2. The topological polar surface area (TPSA) is 124 Å². The molecule has 4 N–H and O–H groups in total. The summed E-state index contributed by atoms with van der Waals surface area (Å²) >= 11 is 0. The highest BCUT2D eigenvalue weighted by Crippen LogP contribution is 2.20. The molecule has 0 saturated carbocycles. The number of hydrogen-bond acceptors (Lipinski definition) is 6. The molecule has 2 atom stereocenters. The van der Waals surface area contributed by atoms with E-state index < -0.39 is 47.5 Å². The van der Waals surface area contributed by atoms with Crippen molar-refractivity contribution < 1.29 is 37.1 Å². The van der Waals surface area contributed by atoms with Crippen LogP contribution < -0.4 is 10.8 Å². The van der Waals surface area contributed by atoms with Crippen molar-refractivity contribution in [2.45, 2.75) is 23.5 Å². The zero-order valence-corrected chi connectivity index (χ0v) is 16.2. The fraction of sp³-hybridized carbons (Fsp3) is 0.278. The van der Waals surface area contributed by atoms with E-state index in [-0.39, 0.29) is 27.9 Å². The van der Waals surface area contributed by atoms with Crippen molar-refractivity contribution >= 4 is 28.3 Å². The van der Waals surface area contributed by atoms with Gasteiger partial charge in [-0.05, 0) is 29.3 Å². The molecule has 156 valence electrons. The second-order valence-electron chi connectivity index (χ2n) is 6.52. The molecular formula is C18H20BF2NO6S. The summed E-state index contributed by atoms with van der Waals surface area (Å²) in [4.78, 5) is 12.2. The molecule has 0 radical (unpaired) electrons. The summed E-state index contributed by atoms with van der Waals surface area (Å²) in [6.45, 7) is -1.09. The Balaban J connectivity index is 2.06. The molecular weight excluding hydrogens is 407 g/mol. The molecule has 0 bridgehead atoms. The minimum atomic E-state index is -3.42. The van der Waals surface area contributed by atoms with E-state index in [1.165, 1.54) is 30.3 Å². The van der Waals surface area contributed by atoms with Gasteiger partial charge in [-0.2, -0.15) is 0 Å². The maximum absolute atomic E-state index is 13.8. The van der Waals surface area contributed by atoms with E-state index in [0.717, 1.165) is 18.4 Å². The maximum atomic E-state index is 13.8. The highest BCUT2D eigenvalue weighted by Gasteiger charge is 2.24. The van der Waals surface area contributed by atoms with Crippen LogP contribution in [0.4, 0.5) is 8.78 Å². The van der Waals surface area contributed by atoms with Gasteiger partial charge in [-0.25, -0.2) is 17.2 Å². The number of alkyl halides is 1. The Labute approximate surface area is 167 Å². The largest absolute Gasteiger partial charge is 0.491 e. The number of nitrogens with one attached hydrogen (secondary N) is 1. The summed E-state index contributed by atoms with van der Waals surface area (Å²) in [5, 5.41) is 30.6. The van der Waals surface area contributed by atoms with Crippen LogP contribution in [0, 0.1) is 5.82 Å². The lowest BCUT2D eigenvalue weighted by atomic mass is 9.79. The van der Waals surface area contributed by atoms with Crippen molar-refractivity contribution in [3.63, 3.8) is 0 Å². The van der Waals surface area contributed by atoms with Gasteiger partial charge >= 0.3 is 7.12 Å². The van der Waals surface area contributed by atoms with Gasteiger partial charge in [-0.1, -0.05) is 24.3 Å². The molecule has 0 aliphatic heterocycles. The van der Waals surface area contributed by atoms with Crippen molar-refractivity contribution in [3.8, 4) is 0 Å². The molecule has 2 aromatic carbocycles. The summed E-state index contributed by atoms with van der Waals surface area (Å²) in [7, 11) is -5.41. The first-order chi connectivity index (χ1) is 13.5. The average Bonchev–Trinajstić information content (AvgIpc) is 2.64. The smallest absolute Gasteiger partial charge is 0.423 e. The van der Waals surface area contributed by atoms with Gasteiger partial charge in [0.05, 0.1) is 17.4 Å². The molecule has 29 heavy (non-hydrogen) atoms. The molecule has 0 saturated heterocycles. The second kappa shape index (κ2) is 9.44. The number of benzene rings is 2. The van der Waals surface area contributed by atoms with Crippen LogP contribution in [0.3, 0.4) is 0 Å². The highest BCUT2D eigenvalue weighted by atomic mass is 32.2. The van der Waals surface area contributed by atoms with Crippen molar-refractivity contribution in [2.75, 3.05) is 12.9 Å². The Morgan fingerprint density at radius 1 is 1.17 bits per heavy atom. The van der Waals surface area contributed by atoms with Gasteiger partial charge < -0.3 is 20.5 Å². The number of hydrogen-bond donors (Lipinski definition) is 4. The van der Waals surface area contributed by atoms with Crippen LogP contribution >= 0.6 is 0 Å². The number of sulfone groups is 1. The normalized spacial score (nSPS) is 13.6. The Bertz CT molecular complexity index is 969. The SMILES string of the molecule is CS(=O)(=O)c1ccc([C@H](O)C(CF)NC(=O)Cc2ccc(B(O)O)c(F)c2)cc1. The summed E-state index contributed by atoms with van der Waals surface area (Å²) in [5.74, 6) is -1.59. The molecule has 2 aromatic rings. The number of aliphatic hydroxyl groups excluding tert-OH is 1. The predicted octanol–water partition coefficient (Wildman–Crippen LogP) is -0.361. The third-order valence-corrected chi connectivity index (χ3v) is 5.38. The zero-order valence-electron chi connectivity index (χ0n) is 15.4. The molecule has 11 heteroatoms. The van der Waals surface area contributed by atoms with Gasteiger partial charge in [0.25, 0.3) is 0 Å². The molecule has 0 fully saturated rings. The van der Waals surface area contributed by atoms with E-state index >= 15 is 0 Å². The highest BCUT2D eigenvalue weighted by molar-refractivity contribution is 7.90. The van der Waals surface area contributed by atoms with Crippen LogP contribution in [-0.2, 0) is 21.1 Å².